The van der Waals surface area contributed by atoms with Gasteiger partial charge in [0, 0.05) is 35.1 Å². The first-order chi connectivity index (χ1) is 20.3. The third-order valence-corrected chi connectivity index (χ3v) is 7.82. The molecule has 0 bridgehead atoms. The predicted octanol–water partition coefficient (Wildman–Crippen LogP) is 7.70. The van der Waals surface area contributed by atoms with E-state index in [0.717, 1.165) is 29.9 Å². The van der Waals surface area contributed by atoms with Crippen LogP contribution < -0.4 is 14.5 Å². The molecule has 0 radical (unpaired) electrons. The van der Waals surface area contributed by atoms with E-state index in [2.05, 4.69) is 18.7 Å². The van der Waals surface area contributed by atoms with Crippen molar-refractivity contribution in [3.8, 4) is 5.75 Å². The molecular formula is C35H33ClN2O4. The molecule has 4 aromatic rings. The highest BCUT2D eigenvalue weighted by Crippen LogP contribution is 2.43. The minimum absolute atomic E-state index is 0.0305. The maximum Gasteiger partial charge on any atom is 0.300 e. The Balaban J connectivity index is 1.56. The molecule has 0 saturated carbocycles. The zero-order valence-corrected chi connectivity index (χ0v) is 24.6. The van der Waals surface area contributed by atoms with Crippen molar-refractivity contribution in [1.29, 1.82) is 0 Å². The first kappa shape index (κ1) is 29.0. The van der Waals surface area contributed by atoms with Crippen molar-refractivity contribution < 1.29 is 19.4 Å². The number of aliphatic hydroxyl groups is 1. The summed E-state index contributed by atoms with van der Waals surface area (Å²) < 4.78 is 6.00. The van der Waals surface area contributed by atoms with E-state index in [1.807, 2.05) is 61.5 Å². The van der Waals surface area contributed by atoms with Gasteiger partial charge < -0.3 is 14.7 Å². The van der Waals surface area contributed by atoms with Crippen LogP contribution in [0.4, 0.5) is 11.4 Å². The number of hydrogen-bond acceptors (Lipinski definition) is 5. The number of nitrogens with zero attached hydrogens (tertiary/aromatic N) is 2. The van der Waals surface area contributed by atoms with E-state index in [4.69, 9.17) is 16.3 Å². The summed E-state index contributed by atoms with van der Waals surface area (Å²) in [4.78, 5) is 30.7. The van der Waals surface area contributed by atoms with Crippen LogP contribution in [0.1, 0.15) is 42.1 Å². The number of benzene rings is 4. The molecule has 1 unspecified atom stereocenters. The summed E-state index contributed by atoms with van der Waals surface area (Å²) in [6, 6.07) is 28.8. The maximum atomic E-state index is 13.6. The van der Waals surface area contributed by atoms with Gasteiger partial charge in [-0.25, -0.2) is 0 Å². The predicted molar refractivity (Wildman–Crippen MR) is 168 cm³/mol. The number of aryl methyl sites for hydroxylation is 1. The minimum atomic E-state index is -0.828. The molecule has 6 nitrogen and oxygen atoms in total. The molecule has 1 heterocycles. The molecular weight excluding hydrogens is 548 g/mol. The van der Waals surface area contributed by atoms with Crippen LogP contribution in [0.15, 0.2) is 103 Å². The van der Waals surface area contributed by atoms with Gasteiger partial charge in [0.25, 0.3) is 11.7 Å². The van der Waals surface area contributed by atoms with E-state index in [-0.39, 0.29) is 11.3 Å². The van der Waals surface area contributed by atoms with Gasteiger partial charge >= 0.3 is 0 Å². The maximum absolute atomic E-state index is 13.6. The van der Waals surface area contributed by atoms with E-state index in [1.54, 1.807) is 42.5 Å². The van der Waals surface area contributed by atoms with Crippen molar-refractivity contribution in [2.75, 3.05) is 22.9 Å². The number of rotatable bonds is 9. The molecule has 1 fully saturated rings. The Kier molecular flexibility index (Phi) is 8.64. The van der Waals surface area contributed by atoms with E-state index in [9.17, 15) is 14.7 Å². The summed E-state index contributed by atoms with van der Waals surface area (Å²) in [5.41, 5.74) is 4.55. The van der Waals surface area contributed by atoms with Crippen molar-refractivity contribution >= 4 is 40.4 Å². The largest absolute Gasteiger partial charge is 0.507 e. The average molecular weight is 581 g/mol. The highest BCUT2D eigenvalue weighted by atomic mass is 35.5. The van der Waals surface area contributed by atoms with Gasteiger partial charge in [-0.1, -0.05) is 54.1 Å². The summed E-state index contributed by atoms with van der Waals surface area (Å²) in [5, 5.41) is 12.1. The molecule has 214 valence electrons. The first-order valence-corrected chi connectivity index (χ1v) is 14.4. The monoisotopic (exact) mass is 580 g/mol. The minimum Gasteiger partial charge on any atom is -0.507 e. The number of hydrogen-bond donors (Lipinski definition) is 1. The summed E-state index contributed by atoms with van der Waals surface area (Å²) in [7, 11) is 0. The first-order valence-electron chi connectivity index (χ1n) is 14.0. The molecule has 4 aromatic carbocycles. The molecule has 0 spiro atoms. The van der Waals surface area contributed by atoms with E-state index in [0.29, 0.717) is 34.2 Å². The van der Waals surface area contributed by atoms with Crippen LogP contribution in [-0.4, -0.2) is 29.9 Å². The van der Waals surface area contributed by atoms with Gasteiger partial charge in [0.05, 0.1) is 11.6 Å². The van der Waals surface area contributed by atoms with Crippen LogP contribution in [0.2, 0.25) is 5.02 Å². The molecule has 0 aromatic heterocycles. The Morgan fingerprint density at radius 1 is 0.905 bits per heavy atom. The molecule has 5 rings (SSSR count). The quantitative estimate of drug-likeness (QED) is 0.125. The fourth-order valence-electron chi connectivity index (χ4n) is 5.32. The van der Waals surface area contributed by atoms with Crippen molar-refractivity contribution in [1.82, 2.24) is 0 Å². The molecule has 1 N–H and O–H groups in total. The van der Waals surface area contributed by atoms with Gasteiger partial charge in [-0.15, -0.1) is 0 Å². The molecule has 1 aliphatic heterocycles. The lowest BCUT2D eigenvalue weighted by molar-refractivity contribution is -0.132. The topological polar surface area (TPSA) is 70.1 Å². The van der Waals surface area contributed by atoms with Crippen LogP contribution in [-0.2, 0) is 16.2 Å². The number of aliphatic hydroxyl groups excluding tert-OH is 1. The number of anilines is 2. The number of ketones is 1. The molecule has 1 saturated heterocycles. The summed E-state index contributed by atoms with van der Waals surface area (Å²) in [5.74, 6) is -1.03. The van der Waals surface area contributed by atoms with Gasteiger partial charge in [-0.3, -0.25) is 14.5 Å². The second kappa shape index (κ2) is 12.5. The Bertz CT molecular complexity index is 1610. The van der Waals surface area contributed by atoms with E-state index >= 15 is 0 Å². The highest BCUT2D eigenvalue weighted by Gasteiger charge is 2.47. The Labute approximate surface area is 251 Å². The summed E-state index contributed by atoms with van der Waals surface area (Å²) in [6.07, 6.45) is 0. The lowest BCUT2D eigenvalue weighted by Gasteiger charge is -2.27. The van der Waals surface area contributed by atoms with Gasteiger partial charge in [0.2, 0.25) is 0 Å². The van der Waals surface area contributed by atoms with Gasteiger partial charge in [-0.05, 0) is 92.1 Å². The van der Waals surface area contributed by atoms with Crippen molar-refractivity contribution in [2.24, 2.45) is 0 Å². The normalized spacial score (nSPS) is 16.1. The van der Waals surface area contributed by atoms with E-state index < -0.39 is 17.7 Å². The summed E-state index contributed by atoms with van der Waals surface area (Å²) >= 11 is 6.12. The number of halogens is 1. The SMILES string of the molecule is CCN(CC)c1ccc(C2/C(=C(/O)c3ccc(OCc4ccccc4)c(C)c3)C(=O)C(=O)N2c2ccc(Cl)cc2)cc1. The van der Waals surface area contributed by atoms with Crippen LogP contribution in [0.25, 0.3) is 5.76 Å². The second-order valence-corrected chi connectivity index (χ2v) is 10.6. The van der Waals surface area contributed by atoms with E-state index in [1.165, 1.54) is 4.90 Å². The Morgan fingerprint density at radius 3 is 2.19 bits per heavy atom. The van der Waals surface area contributed by atoms with Gasteiger partial charge in [0.15, 0.2) is 0 Å². The third kappa shape index (κ3) is 5.76. The van der Waals surface area contributed by atoms with Crippen LogP contribution in [0, 0.1) is 6.92 Å². The zero-order chi connectivity index (χ0) is 29.8. The fraction of sp³-hybridized carbons (Fsp3) is 0.200. The lowest BCUT2D eigenvalue weighted by atomic mass is 9.94. The molecule has 1 aliphatic rings. The number of amides is 1. The smallest absolute Gasteiger partial charge is 0.300 e. The number of Topliss-reactive ketones (excluding diaryl/α,β-unsaturated/α-hetero) is 1. The molecule has 1 amide bonds. The van der Waals surface area contributed by atoms with Crippen LogP contribution in [0.5, 0.6) is 5.75 Å². The van der Waals surface area contributed by atoms with Gasteiger partial charge in [-0.2, -0.15) is 0 Å². The van der Waals surface area contributed by atoms with Crippen molar-refractivity contribution in [3.05, 3.63) is 130 Å². The van der Waals surface area contributed by atoms with Gasteiger partial charge in [0.1, 0.15) is 18.1 Å². The van der Waals surface area contributed by atoms with Crippen LogP contribution in [0.3, 0.4) is 0 Å². The summed E-state index contributed by atoms with van der Waals surface area (Å²) in [6.45, 7) is 8.17. The highest BCUT2D eigenvalue weighted by molar-refractivity contribution is 6.51. The lowest BCUT2D eigenvalue weighted by Crippen LogP contribution is -2.29. The standard InChI is InChI=1S/C35H33ClN2O4/c1-4-37(5-2)28-16-11-25(12-17-28)32-31(34(40)35(41)38(32)29-18-14-27(36)15-19-29)33(39)26-13-20-30(23(3)21-26)42-22-24-9-7-6-8-10-24/h6-21,32,39H,4-5,22H2,1-3H3/b33-31-. The zero-order valence-electron chi connectivity index (χ0n) is 23.9. The average Bonchev–Trinajstić information content (AvgIpc) is 3.27. The molecule has 0 aliphatic carbocycles. The second-order valence-electron chi connectivity index (χ2n) is 10.2. The number of carbonyl (C=O) groups excluding carboxylic acids is 2. The third-order valence-electron chi connectivity index (χ3n) is 7.57. The number of ether oxygens (including phenoxy) is 1. The van der Waals surface area contributed by atoms with Crippen molar-refractivity contribution in [2.45, 2.75) is 33.4 Å². The fourth-order valence-corrected chi connectivity index (χ4v) is 5.45. The molecule has 42 heavy (non-hydrogen) atoms. The molecule has 7 heteroatoms. The van der Waals surface area contributed by atoms with Crippen molar-refractivity contribution in [3.63, 3.8) is 0 Å². The van der Waals surface area contributed by atoms with Crippen LogP contribution >= 0.6 is 11.6 Å². The Hall–Kier alpha value is -4.55. The molecule has 1 atom stereocenters. The Morgan fingerprint density at radius 2 is 1.57 bits per heavy atom. The number of carbonyl (C=O) groups is 2.